The number of halogens is 1. The van der Waals surface area contributed by atoms with Gasteiger partial charge < -0.3 is 15.8 Å². The van der Waals surface area contributed by atoms with Crippen LogP contribution in [0.1, 0.15) is 25.7 Å². The van der Waals surface area contributed by atoms with Gasteiger partial charge in [-0.2, -0.15) is 4.31 Å². The topological polar surface area (TPSA) is 102 Å². The average Bonchev–Trinajstić information content (AvgIpc) is 3.05. The molecule has 0 aromatic heterocycles. The molecule has 1 amide bonds. The van der Waals surface area contributed by atoms with Crippen molar-refractivity contribution in [3.05, 3.63) is 24.0 Å². The molecule has 7 nitrogen and oxygen atoms in total. The molecule has 1 aliphatic heterocycles. The second-order valence-electron chi connectivity index (χ2n) is 6.48. The summed E-state index contributed by atoms with van der Waals surface area (Å²) in [4.78, 5) is 11.9. The first-order chi connectivity index (χ1) is 11.8. The van der Waals surface area contributed by atoms with Gasteiger partial charge >= 0.3 is 0 Å². The number of amides is 1. The van der Waals surface area contributed by atoms with E-state index in [1.807, 2.05) is 0 Å². The normalized spacial score (nSPS) is 21.2. The van der Waals surface area contributed by atoms with Crippen molar-refractivity contribution < 1.29 is 22.3 Å². The zero-order valence-corrected chi connectivity index (χ0v) is 14.6. The lowest BCUT2D eigenvalue weighted by atomic mass is 9.98. The Hall–Kier alpha value is -1.55. The number of morpholine rings is 1. The minimum absolute atomic E-state index is 0.171. The van der Waals surface area contributed by atoms with Crippen LogP contribution in [0.4, 0.5) is 10.1 Å². The van der Waals surface area contributed by atoms with Crippen molar-refractivity contribution in [2.24, 2.45) is 5.73 Å². The molecule has 0 bridgehead atoms. The number of hydrogen-bond acceptors (Lipinski definition) is 5. The summed E-state index contributed by atoms with van der Waals surface area (Å²) in [6.07, 6.45) is 2.92. The van der Waals surface area contributed by atoms with Gasteiger partial charge in [0, 0.05) is 18.8 Å². The van der Waals surface area contributed by atoms with E-state index in [9.17, 15) is 17.6 Å². The molecule has 1 aliphatic carbocycles. The molecule has 1 heterocycles. The van der Waals surface area contributed by atoms with Crippen LogP contribution in [-0.4, -0.2) is 50.5 Å². The van der Waals surface area contributed by atoms with Crippen LogP contribution in [0.5, 0.6) is 0 Å². The van der Waals surface area contributed by atoms with Gasteiger partial charge in [0.1, 0.15) is 10.7 Å². The Morgan fingerprint density at radius 3 is 2.52 bits per heavy atom. The van der Waals surface area contributed by atoms with Crippen molar-refractivity contribution in [2.45, 2.75) is 36.1 Å². The maximum atomic E-state index is 14.2. The van der Waals surface area contributed by atoms with E-state index in [2.05, 4.69) is 5.32 Å². The Bertz CT molecular complexity index is 757. The number of ether oxygens (including phenoxy) is 1. The van der Waals surface area contributed by atoms with Crippen molar-refractivity contribution in [2.75, 3.05) is 31.6 Å². The van der Waals surface area contributed by atoms with Gasteiger partial charge in [0.2, 0.25) is 15.9 Å². The molecule has 0 atom stereocenters. The molecule has 1 saturated heterocycles. The molecule has 3 N–H and O–H groups in total. The third-order valence-corrected chi connectivity index (χ3v) is 6.64. The minimum Gasteiger partial charge on any atom is -0.379 e. The van der Waals surface area contributed by atoms with Crippen molar-refractivity contribution in [3.63, 3.8) is 0 Å². The standard InChI is InChI=1S/C16H22FN3O4S/c17-13-4-3-12(19-15(21)16(18)5-1-2-6-16)11-14(13)25(22,23)20-7-9-24-10-8-20/h3-4,11H,1-2,5-10,18H2,(H,19,21). The maximum absolute atomic E-state index is 14.2. The van der Waals surface area contributed by atoms with E-state index in [1.165, 1.54) is 10.4 Å². The van der Waals surface area contributed by atoms with Gasteiger partial charge in [-0.3, -0.25) is 4.79 Å². The Balaban J connectivity index is 1.84. The summed E-state index contributed by atoms with van der Waals surface area (Å²) in [6.45, 7) is 0.883. The highest BCUT2D eigenvalue weighted by atomic mass is 32.2. The quantitative estimate of drug-likeness (QED) is 0.824. The van der Waals surface area contributed by atoms with Crippen LogP contribution in [0.2, 0.25) is 0 Å². The second kappa shape index (κ2) is 6.99. The van der Waals surface area contributed by atoms with Crippen LogP contribution in [0, 0.1) is 5.82 Å². The van der Waals surface area contributed by atoms with E-state index < -0.39 is 26.3 Å². The van der Waals surface area contributed by atoms with E-state index in [-0.39, 0.29) is 37.9 Å². The lowest BCUT2D eigenvalue weighted by molar-refractivity contribution is -0.121. The number of anilines is 1. The highest BCUT2D eigenvalue weighted by Crippen LogP contribution is 2.29. The number of nitrogens with zero attached hydrogens (tertiary/aromatic N) is 1. The summed E-state index contributed by atoms with van der Waals surface area (Å²) < 4.78 is 45.8. The molecule has 0 unspecified atom stereocenters. The van der Waals surface area contributed by atoms with Crippen LogP contribution in [0.15, 0.2) is 23.1 Å². The van der Waals surface area contributed by atoms with Crippen molar-refractivity contribution in [1.82, 2.24) is 4.31 Å². The van der Waals surface area contributed by atoms with Gasteiger partial charge in [0.25, 0.3) is 0 Å². The molecule has 2 aliphatic rings. The van der Waals surface area contributed by atoms with Gasteiger partial charge in [-0.05, 0) is 31.0 Å². The zero-order chi connectivity index (χ0) is 18.1. The molecule has 2 fully saturated rings. The average molecular weight is 371 g/mol. The number of nitrogens with two attached hydrogens (primary N) is 1. The summed E-state index contributed by atoms with van der Waals surface area (Å²) in [5.41, 5.74) is 5.37. The maximum Gasteiger partial charge on any atom is 0.246 e. The number of hydrogen-bond donors (Lipinski definition) is 2. The second-order valence-corrected chi connectivity index (χ2v) is 8.39. The van der Waals surface area contributed by atoms with E-state index in [0.29, 0.717) is 12.8 Å². The molecule has 138 valence electrons. The fourth-order valence-corrected chi connectivity index (χ4v) is 4.69. The summed E-state index contributed by atoms with van der Waals surface area (Å²) in [5.74, 6) is -1.22. The number of carbonyl (C=O) groups is 1. The predicted octanol–water partition coefficient (Wildman–Crippen LogP) is 1.06. The van der Waals surface area contributed by atoms with Crippen LogP contribution in [0.25, 0.3) is 0 Å². The van der Waals surface area contributed by atoms with Gasteiger partial charge in [-0.15, -0.1) is 0 Å². The number of carbonyl (C=O) groups excluding carboxylic acids is 1. The van der Waals surface area contributed by atoms with Gasteiger partial charge in [-0.1, -0.05) is 12.8 Å². The highest BCUT2D eigenvalue weighted by molar-refractivity contribution is 7.89. The van der Waals surface area contributed by atoms with E-state index in [4.69, 9.17) is 10.5 Å². The zero-order valence-electron chi connectivity index (χ0n) is 13.8. The van der Waals surface area contributed by atoms with Crippen LogP contribution in [0.3, 0.4) is 0 Å². The number of rotatable bonds is 4. The fraction of sp³-hybridized carbons (Fsp3) is 0.562. The number of benzene rings is 1. The first kappa shape index (κ1) is 18.2. The lowest BCUT2D eigenvalue weighted by Gasteiger charge is -2.26. The van der Waals surface area contributed by atoms with Crippen molar-refractivity contribution in [3.8, 4) is 0 Å². The SMILES string of the molecule is NC1(C(=O)Nc2ccc(F)c(S(=O)(=O)N3CCOCC3)c2)CCCC1. The Kier molecular flexibility index (Phi) is 5.10. The minimum atomic E-state index is -3.99. The van der Waals surface area contributed by atoms with Crippen LogP contribution < -0.4 is 11.1 Å². The molecule has 3 rings (SSSR count). The van der Waals surface area contributed by atoms with Gasteiger partial charge in [0.15, 0.2) is 0 Å². The summed E-state index contributed by atoms with van der Waals surface area (Å²) in [5, 5.41) is 2.63. The third-order valence-electron chi connectivity index (χ3n) is 4.72. The summed E-state index contributed by atoms with van der Waals surface area (Å²) >= 11 is 0. The molecular weight excluding hydrogens is 349 g/mol. The molecule has 0 radical (unpaired) electrons. The number of nitrogens with one attached hydrogen (secondary N) is 1. The number of sulfonamides is 1. The molecule has 0 spiro atoms. The van der Waals surface area contributed by atoms with E-state index >= 15 is 0 Å². The monoisotopic (exact) mass is 371 g/mol. The Morgan fingerprint density at radius 1 is 1.24 bits per heavy atom. The molecule has 9 heteroatoms. The van der Waals surface area contributed by atoms with Crippen LogP contribution >= 0.6 is 0 Å². The lowest BCUT2D eigenvalue weighted by Crippen LogP contribution is -2.48. The molecule has 25 heavy (non-hydrogen) atoms. The Labute approximate surface area is 146 Å². The van der Waals surface area contributed by atoms with E-state index in [0.717, 1.165) is 25.0 Å². The fourth-order valence-electron chi connectivity index (χ4n) is 3.19. The molecule has 1 saturated carbocycles. The predicted molar refractivity (Wildman–Crippen MR) is 90.0 cm³/mol. The van der Waals surface area contributed by atoms with Crippen molar-refractivity contribution >= 4 is 21.6 Å². The largest absolute Gasteiger partial charge is 0.379 e. The molecular formula is C16H22FN3O4S. The molecule has 1 aromatic rings. The van der Waals surface area contributed by atoms with E-state index in [1.54, 1.807) is 0 Å². The van der Waals surface area contributed by atoms with Gasteiger partial charge in [0.05, 0.1) is 18.8 Å². The molecule has 1 aromatic carbocycles. The summed E-state index contributed by atoms with van der Waals surface area (Å²) in [6, 6.07) is 3.53. The Morgan fingerprint density at radius 2 is 1.88 bits per heavy atom. The van der Waals surface area contributed by atoms with Crippen molar-refractivity contribution in [1.29, 1.82) is 0 Å². The third kappa shape index (κ3) is 3.69. The van der Waals surface area contributed by atoms with Gasteiger partial charge in [-0.25, -0.2) is 12.8 Å². The summed E-state index contributed by atoms with van der Waals surface area (Å²) in [7, 11) is -3.99. The smallest absolute Gasteiger partial charge is 0.246 e. The van der Waals surface area contributed by atoms with Crippen LogP contribution in [-0.2, 0) is 19.6 Å². The first-order valence-electron chi connectivity index (χ1n) is 8.31. The first-order valence-corrected chi connectivity index (χ1v) is 9.75. The highest BCUT2D eigenvalue weighted by Gasteiger charge is 2.37.